The molecule has 1 aromatic rings. The van der Waals surface area contributed by atoms with Crippen LogP contribution >= 0.6 is 0 Å². The number of carbonyl (C=O) groups excluding carboxylic acids is 1. The van der Waals surface area contributed by atoms with Crippen LogP contribution in [0.3, 0.4) is 0 Å². The molecule has 0 unspecified atom stereocenters. The molecule has 0 aliphatic heterocycles. The minimum atomic E-state index is -0.764. The van der Waals surface area contributed by atoms with Gasteiger partial charge in [-0.25, -0.2) is 8.78 Å². The van der Waals surface area contributed by atoms with Crippen molar-refractivity contribution < 1.29 is 13.6 Å². The number of hydrogen-bond acceptors (Lipinski definition) is 2. The monoisotopic (exact) mass is 214 g/mol. The van der Waals surface area contributed by atoms with E-state index in [1.807, 2.05) is 0 Å². The van der Waals surface area contributed by atoms with Gasteiger partial charge in [-0.15, -0.1) is 0 Å². The fraction of sp³-hybridized carbons (Fsp3) is 0.300. The van der Waals surface area contributed by atoms with Crippen LogP contribution in [0.25, 0.3) is 0 Å². The van der Waals surface area contributed by atoms with Crippen LogP contribution in [-0.4, -0.2) is 30.9 Å². The number of hydrogen-bond donors (Lipinski definition) is 1. The van der Waals surface area contributed by atoms with Gasteiger partial charge in [-0.3, -0.25) is 4.79 Å². The minimum Gasteiger partial charge on any atom is -0.340 e. The first-order valence-corrected chi connectivity index (χ1v) is 4.46. The predicted octanol–water partition coefficient (Wildman–Crippen LogP) is 0.996. The zero-order valence-corrected chi connectivity index (χ0v) is 8.34. The van der Waals surface area contributed by atoms with Crippen LogP contribution in [0.2, 0.25) is 0 Å². The first-order chi connectivity index (χ1) is 7.04. The highest BCUT2D eigenvalue weighted by Crippen LogP contribution is 2.09. The molecule has 0 aliphatic rings. The highest BCUT2D eigenvalue weighted by Gasteiger charge is 2.12. The number of nitrogens with two attached hydrogens (primary N) is 1. The lowest BCUT2D eigenvalue weighted by Crippen LogP contribution is -2.31. The second-order valence-electron chi connectivity index (χ2n) is 3.17. The zero-order chi connectivity index (χ0) is 11.4. The van der Waals surface area contributed by atoms with E-state index in [9.17, 15) is 13.6 Å². The molecule has 15 heavy (non-hydrogen) atoms. The number of halogens is 2. The van der Waals surface area contributed by atoms with Crippen LogP contribution in [0.15, 0.2) is 18.2 Å². The molecule has 82 valence electrons. The molecule has 0 aromatic heterocycles. The van der Waals surface area contributed by atoms with E-state index in [-0.39, 0.29) is 5.56 Å². The smallest absolute Gasteiger partial charge is 0.253 e. The van der Waals surface area contributed by atoms with Crippen LogP contribution in [0.4, 0.5) is 8.78 Å². The van der Waals surface area contributed by atoms with Gasteiger partial charge in [0.2, 0.25) is 0 Å². The SMILES string of the molecule is CN(CCN)C(=O)c1cc(F)cc(F)c1. The Hall–Kier alpha value is -1.49. The van der Waals surface area contributed by atoms with E-state index in [1.54, 1.807) is 0 Å². The Morgan fingerprint density at radius 2 is 1.87 bits per heavy atom. The van der Waals surface area contributed by atoms with Crippen molar-refractivity contribution in [2.24, 2.45) is 5.73 Å². The quantitative estimate of drug-likeness (QED) is 0.815. The normalized spacial score (nSPS) is 10.1. The van der Waals surface area contributed by atoms with Crippen molar-refractivity contribution in [1.82, 2.24) is 4.90 Å². The Balaban J connectivity index is 2.90. The van der Waals surface area contributed by atoms with E-state index in [4.69, 9.17) is 5.73 Å². The Morgan fingerprint density at radius 3 is 2.33 bits per heavy atom. The summed E-state index contributed by atoms with van der Waals surface area (Å²) < 4.78 is 25.6. The lowest BCUT2D eigenvalue weighted by molar-refractivity contribution is 0.0798. The molecule has 1 amide bonds. The topological polar surface area (TPSA) is 46.3 Å². The first kappa shape index (κ1) is 11.6. The molecule has 5 heteroatoms. The zero-order valence-electron chi connectivity index (χ0n) is 8.34. The van der Waals surface area contributed by atoms with Crippen molar-refractivity contribution >= 4 is 5.91 Å². The third-order valence-corrected chi connectivity index (χ3v) is 1.92. The van der Waals surface area contributed by atoms with E-state index in [2.05, 4.69) is 0 Å². The van der Waals surface area contributed by atoms with Gasteiger partial charge in [-0.2, -0.15) is 0 Å². The summed E-state index contributed by atoms with van der Waals surface area (Å²) in [6.07, 6.45) is 0. The summed E-state index contributed by atoms with van der Waals surface area (Å²) in [6, 6.07) is 2.72. The second-order valence-corrected chi connectivity index (χ2v) is 3.17. The number of rotatable bonds is 3. The van der Waals surface area contributed by atoms with Gasteiger partial charge in [-0.05, 0) is 12.1 Å². The Bertz CT molecular complexity index is 348. The number of benzene rings is 1. The van der Waals surface area contributed by atoms with Crippen molar-refractivity contribution in [2.45, 2.75) is 0 Å². The van der Waals surface area contributed by atoms with Crippen LogP contribution in [0.5, 0.6) is 0 Å². The number of likely N-dealkylation sites (N-methyl/N-ethyl adjacent to an activating group) is 1. The molecule has 0 saturated carbocycles. The van der Waals surface area contributed by atoms with Gasteiger partial charge in [0.25, 0.3) is 5.91 Å². The number of amides is 1. The molecule has 1 rings (SSSR count). The summed E-state index contributed by atoms with van der Waals surface area (Å²) in [5.41, 5.74) is 5.25. The Kier molecular flexibility index (Phi) is 3.74. The largest absolute Gasteiger partial charge is 0.340 e. The van der Waals surface area contributed by atoms with Gasteiger partial charge in [0.15, 0.2) is 0 Å². The Labute approximate surface area is 86.5 Å². The lowest BCUT2D eigenvalue weighted by atomic mass is 10.2. The van der Waals surface area contributed by atoms with Crippen molar-refractivity contribution in [3.05, 3.63) is 35.4 Å². The van der Waals surface area contributed by atoms with E-state index in [0.717, 1.165) is 18.2 Å². The van der Waals surface area contributed by atoms with Crippen LogP contribution < -0.4 is 5.73 Å². The summed E-state index contributed by atoms with van der Waals surface area (Å²) in [4.78, 5) is 12.9. The third-order valence-electron chi connectivity index (χ3n) is 1.92. The van der Waals surface area contributed by atoms with Crippen molar-refractivity contribution in [3.8, 4) is 0 Å². The summed E-state index contributed by atoms with van der Waals surface area (Å²) in [5, 5.41) is 0. The van der Waals surface area contributed by atoms with Gasteiger partial charge in [-0.1, -0.05) is 0 Å². The molecule has 0 atom stereocenters. The highest BCUT2D eigenvalue weighted by atomic mass is 19.1. The summed E-state index contributed by atoms with van der Waals surface area (Å²) in [7, 11) is 1.53. The summed E-state index contributed by atoms with van der Waals surface area (Å²) in [6.45, 7) is 0.650. The second kappa shape index (κ2) is 4.84. The van der Waals surface area contributed by atoms with E-state index in [0.29, 0.717) is 13.1 Å². The van der Waals surface area contributed by atoms with E-state index in [1.165, 1.54) is 11.9 Å². The standard InChI is InChI=1S/C10H12F2N2O/c1-14(3-2-13)10(15)7-4-8(11)6-9(12)5-7/h4-6H,2-3,13H2,1H3. The van der Waals surface area contributed by atoms with Crippen molar-refractivity contribution in [1.29, 1.82) is 0 Å². The van der Waals surface area contributed by atoms with Gasteiger partial charge >= 0.3 is 0 Å². The van der Waals surface area contributed by atoms with Gasteiger partial charge < -0.3 is 10.6 Å². The molecule has 0 saturated heterocycles. The van der Waals surface area contributed by atoms with E-state index >= 15 is 0 Å². The van der Waals surface area contributed by atoms with Crippen LogP contribution in [-0.2, 0) is 0 Å². The van der Waals surface area contributed by atoms with Crippen LogP contribution in [0, 0.1) is 11.6 Å². The van der Waals surface area contributed by atoms with Crippen LogP contribution in [0.1, 0.15) is 10.4 Å². The maximum Gasteiger partial charge on any atom is 0.253 e. The fourth-order valence-corrected chi connectivity index (χ4v) is 1.19. The van der Waals surface area contributed by atoms with Gasteiger partial charge in [0.1, 0.15) is 11.6 Å². The first-order valence-electron chi connectivity index (χ1n) is 4.46. The molecule has 3 nitrogen and oxygen atoms in total. The molecule has 0 bridgehead atoms. The predicted molar refractivity (Wildman–Crippen MR) is 52.4 cm³/mol. The average Bonchev–Trinajstić information content (AvgIpc) is 2.15. The number of nitrogens with zero attached hydrogens (tertiary/aromatic N) is 1. The van der Waals surface area contributed by atoms with Crippen molar-refractivity contribution in [3.63, 3.8) is 0 Å². The molecular formula is C10H12F2N2O. The van der Waals surface area contributed by atoms with Crippen molar-refractivity contribution in [2.75, 3.05) is 20.1 Å². The summed E-state index contributed by atoms with van der Waals surface area (Å²) >= 11 is 0. The summed E-state index contributed by atoms with van der Waals surface area (Å²) in [5.74, 6) is -1.97. The molecule has 0 aliphatic carbocycles. The maximum absolute atomic E-state index is 12.8. The number of carbonyl (C=O) groups is 1. The molecule has 0 radical (unpaired) electrons. The maximum atomic E-state index is 12.8. The molecule has 2 N–H and O–H groups in total. The molecule has 0 spiro atoms. The Morgan fingerprint density at radius 1 is 1.33 bits per heavy atom. The van der Waals surface area contributed by atoms with Gasteiger partial charge in [0.05, 0.1) is 0 Å². The van der Waals surface area contributed by atoms with Gasteiger partial charge in [0, 0.05) is 31.8 Å². The minimum absolute atomic E-state index is 0.0107. The third kappa shape index (κ3) is 2.99. The molecule has 0 heterocycles. The van der Waals surface area contributed by atoms with E-state index < -0.39 is 17.5 Å². The highest BCUT2D eigenvalue weighted by molar-refractivity contribution is 5.94. The fourth-order valence-electron chi connectivity index (χ4n) is 1.19. The molecule has 0 fully saturated rings. The molecular weight excluding hydrogens is 202 g/mol. The lowest BCUT2D eigenvalue weighted by Gasteiger charge is -2.15. The molecule has 1 aromatic carbocycles. The average molecular weight is 214 g/mol.